The van der Waals surface area contributed by atoms with Crippen LogP contribution in [0.25, 0.3) is 0 Å². The number of aliphatic hydroxyl groups excluding tert-OH is 1. The Bertz CT molecular complexity index is 325. The van der Waals surface area contributed by atoms with Crippen LogP contribution in [0.4, 0.5) is 11.5 Å². The maximum atomic E-state index is 9.03. The van der Waals surface area contributed by atoms with E-state index in [9.17, 15) is 0 Å². The van der Waals surface area contributed by atoms with E-state index >= 15 is 0 Å². The Morgan fingerprint density at radius 2 is 2.11 bits per heavy atom. The van der Waals surface area contributed by atoms with Gasteiger partial charge in [-0.25, -0.2) is 4.98 Å². The first-order chi connectivity index (χ1) is 8.80. The minimum atomic E-state index is 0.269. The van der Waals surface area contributed by atoms with Crippen molar-refractivity contribution in [2.75, 3.05) is 30.3 Å². The molecule has 0 radical (unpaired) electrons. The van der Waals surface area contributed by atoms with Gasteiger partial charge in [0.2, 0.25) is 0 Å². The molecule has 4 heteroatoms. The summed E-state index contributed by atoms with van der Waals surface area (Å²) in [6, 6.07) is 3.99. The Morgan fingerprint density at radius 3 is 2.78 bits per heavy atom. The molecule has 18 heavy (non-hydrogen) atoms. The van der Waals surface area contributed by atoms with E-state index in [2.05, 4.69) is 29.5 Å². The van der Waals surface area contributed by atoms with Crippen LogP contribution in [-0.4, -0.2) is 29.8 Å². The third-order valence-electron chi connectivity index (χ3n) is 2.95. The molecule has 0 aromatic carbocycles. The highest BCUT2D eigenvalue weighted by Crippen LogP contribution is 2.15. The molecule has 0 aliphatic rings. The van der Waals surface area contributed by atoms with Crippen LogP contribution in [0.1, 0.15) is 33.1 Å². The maximum Gasteiger partial charge on any atom is 0.127 e. The topological polar surface area (TPSA) is 57.2 Å². The zero-order chi connectivity index (χ0) is 13.2. The van der Waals surface area contributed by atoms with E-state index in [-0.39, 0.29) is 6.61 Å². The van der Waals surface area contributed by atoms with Gasteiger partial charge in [-0.15, -0.1) is 0 Å². The summed E-state index contributed by atoms with van der Waals surface area (Å²) in [5.41, 5.74) is 1.08. The smallest absolute Gasteiger partial charge is 0.127 e. The number of aromatic nitrogens is 1. The van der Waals surface area contributed by atoms with E-state index in [1.54, 1.807) is 6.20 Å². The Morgan fingerprint density at radius 1 is 1.28 bits per heavy atom. The lowest BCUT2D eigenvalue weighted by atomic mass is 10.0. The van der Waals surface area contributed by atoms with E-state index in [4.69, 9.17) is 5.11 Å². The molecule has 1 aromatic heterocycles. The number of hydrogen-bond donors (Lipinski definition) is 3. The number of nitrogens with zero attached hydrogens (tertiary/aromatic N) is 1. The quantitative estimate of drug-likeness (QED) is 0.631. The van der Waals surface area contributed by atoms with Crippen molar-refractivity contribution in [2.45, 2.75) is 33.1 Å². The Balaban J connectivity index is 2.47. The third kappa shape index (κ3) is 5.36. The van der Waals surface area contributed by atoms with Crippen LogP contribution in [0.5, 0.6) is 0 Å². The van der Waals surface area contributed by atoms with Gasteiger partial charge in [-0.1, -0.05) is 13.3 Å². The lowest BCUT2D eigenvalue weighted by Gasteiger charge is -2.16. The first-order valence-corrected chi connectivity index (χ1v) is 6.84. The first-order valence-electron chi connectivity index (χ1n) is 6.84. The minimum absolute atomic E-state index is 0.269. The molecule has 1 atom stereocenters. The maximum absolute atomic E-state index is 9.03. The van der Waals surface area contributed by atoms with Gasteiger partial charge in [-0.05, 0) is 31.7 Å². The summed E-state index contributed by atoms with van der Waals surface area (Å²) in [4.78, 5) is 4.24. The number of anilines is 2. The molecule has 0 bridgehead atoms. The first kappa shape index (κ1) is 14.8. The van der Waals surface area contributed by atoms with Crippen LogP contribution in [0, 0.1) is 5.92 Å². The summed E-state index contributed by atoms with van der Waals surface area (Å²) in [5.74, 6) is 1.44. The minimum Gasteiger partial charge on any atom is -0.396 e. The van der Waals surface area contributed by atoms with Gasteiger partial charge in [-0.3, -0.25) is 0 Å². The van der Waals surface area contributed by atoms with E-state index in [1.807, 2.05) is 12.1 Å². The van der Waals surface area contributed by atoms with Crippen LogP contribution >= 0.6 is 0 Å². The summed E-state index contributed by atoms with van der Waals surface area (Å²) >= 11 is 0. The molecule has 3 N–H and O–H groups in total. The molecular weight excluding hydrogens is 226 g/mol. The summed E-state index contributed by atoms with van der Waals surface area (Å²) in [6.45, 7) is 6.29. The van der Waals surface area contributed by atoms with Crippen LogP contribution in [-0.2, 0) is 0 Å². The molecule has 1 unspecified atom stereocenters. The fourth-order valence-electron chi connectivity index (χ4n) is 2.02. The average molecular weight is 251 g/mol. The van der Waals surface area contributed by atoms with Gasteiger partial charge in [0.25, 0.3) is 0 Å². The van der Waals surface area contributed by atoms with Gasteiger partial charge < -0.3 is 15.7 Å². The van der Waals surface area contributed by atoms with Gasteiger partial charge >= 0.3 is 0 Å². The highest BCUT2D eigenvalue weighted by atomic mass is 16.3. The molecule has 1 rings (SSSR count). The van der Waals surface area contributed by atoms with Gasteiger partial charge in [0.15, 0.2) is 0 Å². The molecule has 1 heterocycles. The lowest BCUT2D eigenvalue weighted by Crippen LogP contribution is -2.15. The number of nitrogens with one attached hydrogen (secondary N) is 2. The number of pyridine rings is 1. The second-order valence-corrected chi connectivity index (χ2v) is 4.51. The second kappa shape index (κ2) is 8.75. The zero-order valence-electron chi connectivity index (χ0n) is 11.4. The lowest BCUT2D eigenvalue weighted by molar-refractivity contribution is 0.255. The highest BCUT2D eigenvalue weighted by Gasteiger charge is 2.07. The van der Waals surface area contributed by atoms with Crippen LogP contribution in [0.2, 0.25) is 0 Å². The van der Waals surface area contributed by atoms with E-state index < -0.39 is 0 Å². The van der Waals surface area contributed by atoms with Gasteiger partial charge in [-0.2, -0.15) is 0 Å². The van der Waals surface area contributed by atoms with Crippen LogP contribution in [0.15, 0.2) is 18.3 Å². The largest absolute Gasteiger partial charge is 0.396 e. The normalized spacial score (nSPS) is 12.2. The van der Waals surface area contributed by atoms with Crippen molar-refractivity contribution in [3.63, 3.8) is 0 Å². The SMILES string of the molecule is CCCC(CCO)CNc1ccnc(NCC)c1. The predicted molar refractivity (Wildman–Crippen MR) is 77.0 cm³/mol. The van der Waals surface area contributed by atoms with E-state index in [1.165, 1.54) is 0 Å². The van der Waals surface area contributed by atoms with Crippen molar-refractivity contribution in [3.8, 4) is 0 Å². The molecule has 4 nitrogen and oxygen atoms in total. The number of hydrogen-bond acceptors (Lipinski definition) is 4. The molecule has 0 saturated heterocycles. The summed E-state index contributed by atoms with van der Waals surface area (Å²) < 4.78 is 0. The van der Waals surface area contributed by atoms with Crippen molar-refractivity contribution >= 4 is 11.5 Å². The molecule has 0 spiro atoms. The van der Waals surface area contributed by atoms with Crippen molar-refractivity contribution in [1.82, 2.24) is 4.98 Å². The van der Waals surface area contributed by atoms with Crippen LogP contribution < -0.4 is 10.6 Å². The van der Waals surface area contributed by atoms with E-state index in [0.717, 1.165) is 43.9 Å². The Hall–Kier alpha value is -1.29. The second-order valence-electron chi connectivity index (χ2n) is 4.51. The summed E-state index contributed by atoms with van der Waals surface area (Å²) in [6.07, 6.45) is 4.98. The van der Waals surface area contributed by atoms with E-state index in [0.29, 0.717) is 5.92 Å². The molecule has 0 fully saturated rings. The van der Waals surface area contributed by atoms with Crippen LogP contribution in [0.3, 0.4) is 0 Å². The fourth-order valence-corrected chi connectivity index (χ4v) is 2.02. The van der Waals surface area contributed by atoms with Gasteiger partial charge in [0, 0.05) is 37.6 Å². The Labute approximate surface area is 110 Å². The molecular formula is C14H25N3O. The molecule has 0 aliphatic carbocycles. The number of aliphatic hydroxyl groups is 1. The summed E-state index contributed by atoms with van der Waals surface area (Å²) in [5, 5.41) is 15.6. The van der Waals surface area contributed by atoms with Crippen molar-refractivity contribution in [1.29, 1.82) is 0 Å². The Kier molecular flexibility index (Phi) is 7.18. The monoisotopic (exact) mass is 251 g/mol. The molecule has 102 valence electrons. The third-order valence-corrected chi connectivity index (χ3v) is 2.95. The fraction of sp³-hybridized carbons (Fsp3) is 0.643. The van der Waals surface area contributed by atoms with Crippen molar-refractivity contribution in [3.05, 3.63) is 18.3 Å². The van der Waals surface area contributed by atoms with Gasteiger partial charge in [0.1, 0.15) is 5.82 Å². The zero-order valence-corrected chi connectivity index (χ0v) is 11.4. The summed E-state index contributed by atoms with van der Waals surface area (Å²) in [7, 11) is 0. The highest BCUT2D eigenvalue weighted by molar-refractivity contribution is 5.51. The van der Waals surface area contributed by atoms with Gasteiger partial charge in [0.05, 0.1) is 0 Å². The molecule has 0 saturated carbocycles. The number of rotatable bonds is 9. The van der Waals surface area contributed by atoms with Crippen molar-refractivity contribution < 1.29 is 5.11 Å². The standard InChI is InChI=1S/C14H25N3O/c1-3-5-12(7-9-18)11-17-13-6-8-16-14(10-13)15-4-2/h6,8,10,12,18H,3-5,7,9,11H2,1-2H3,(H2,15,16,17). The molecule has 0 amide bonds. The van der Waals surface area contributed by atoms with Crippen molar-refractivity contribution in [2.24, 2.45) is 5.92 Å². The average Bonchev–Trinajstić information content (AvgIpc) is 2.37. The molecule has 0 aliphatic heterocycles. The molecule has 1 aromatic rings. The predicted octanol–water partition coefficient (Wildman–Crippen LogP) is 2.72.